The average Bonchev–Trinajstić information content (AvgIpc) is 2.67. The van der Waals surface area contributed by atoms with E-state index < -0.39 is 0 Å². The first-order valence-electron chi connectivity index (χ1n) is 8.57. The molecule has 3 rings (SSSR count). The zero-order chi connectivity index (χ0) is 16.6. The van der Waals surface area contributed by atoms with Crippen molar-refractivity contribution in [3.05, 3.63) is 66.2 Å². The molecule has 1 saturated heterocycles. The molecule has 0 aromatic heterocycles. The highest BCUT2D eigenvalue weighted by molar-refractivity contribution is 5.79. The van der Waals surface area contributed by atoms with Crippen LogP contribution in [0.1, 0.15) is 24.4 Å². The van der Waals surface area contributed by atoms with Crippen LogP contribution in [0.3, 0.4) is 0 Å². The monoisotopic (exact) mass is 324 g/mol. The van der Waals surface area contributed by atoms with Crippen LogP contribution in [0.15, 0.2) is 60.7 Å². The minimum Gasteiger partial charge on any atom is -0.491 e. The topological polar surface area (TPSA) is 50.4 Å². The molecule has 0 bridgehead atoms. The van der Waals surface area contributed by atoms with Crippen LogP contribution >= 0.6 is 0 Å². The highest BCUT2D eigenvalue weighted by Crippen LogP contribution is 2.18. The lowest BCUT2D eigenvalue weighted by Gasteiger charge is -2.26. The van der Waals surface area contributed by atoms with E-state index in [-0.39, 0.29) is 17.9 Å². The molecule has 2 unspecified atom stereocenters. The molecule has 0 radical (unpaired) electrons. The van der Waals surface area contributed by atoms with Gasteiger partial charge in [0.2, 0.25) is 5.91 Å². The van der Waals surface area contributed by atoms with Crippen LogP contribution in [-0.2, 0) is 4.79 Å². The van der Waals surface area contributed by atoms with Crippen molar-refractivity contribution in [3.63, 3.8) is 0 Å². The van der Waals surface area contributed by atoms with Gasteiger partial charge in [0, 0.05) is 6.54 Å². The molecule has 2 N–H and O–H groups in total. The summed E-state index contributed by atoms with van der Waals surface area (Å²) in [7, 11) is 0. The predicted molar refractivity (Wildman–Crippen MR) is 94.9 cm³/mol. The van der Waals surface area contributed by atoms with Gasteiger partial charge in [-0.2, -0.15) is 0 Å². The first-order chi connectivity index (χ1) is 11.8. The number of nitrogens with one attached hydrogen (secondary N) is 2. The third kappa shape index (κ3) is 4.59. The SMILES string of the molecule is O=C(NC(COc1ccccc1)c1ccccc1)C1CCCNC1. The van der Waals surface area contributed by atoms with Crippen LogP contribution in [0.25, 0.3) is 0 Å². The Morgan fingerprint density at radius 1 is 1.12 bits per heavy atom. The lowest BCUT2D eigenvalue weighted by atomic mass is 9.97. The van der Waals surface area contributed by atoms with Crippen molar-refractivity contribution < 1.29 is 9.53 Å². The molecule has 1 fully saturated rings. The van der Waals surface area contributed by atoms with Crippen molar-refractivity contribution in [2.75, 3.05) is 19.7 Å². The molecule has 0 spiro atoms. The van der Waals surface area contributed by atoms with Gasteiger partial charge in [0.05, 0.1) is 12.0 Å². The summed E-state index contributed by atoms with van der Waals surface area (Å²) in [6.45, 7) is 2.18. The first-order valence-corrected chi connectivity index (χ1v) is 8.57. The molecular weight excluding hydrogens is 300 g/mol. The quantitative estimate of drug-likeness (QED) is 0.859. The van der Waals surface area contributed by atoms with Crippen LogP contribution in [0, 0.1) is 5.92 Å². The predicted octanol–water partition coefficient (Wildman–Crippen LogP) is 2.92. The van der Waals surface area contributed by atoms with Crippen LogP contribution in [-0.4, -0.2) is 25.6 Å². The van der Waals surface area contributed by atoms with Crippen molar-refractivity contribution in [1.82, 2.24) is 10.6 Å². The summed E-state index contributed by atoms with van der Waals surface area (Å²) in [5.74, 6) is 0.960. The van der Waals surface area contributed by atoms with Gasteiger partial charge in [0.15, 0.2) is 0 Å². The van der Waals surface area contributed by atoms with Gasteiger partial charge in [0.1, 0.15) is 12.4 Å². The fourth-order valence-electron chi connectivity index (χ4n) is 2.97. The second-order valence-corrected chi connectivity index (χ2v) is 6.14. The number of para-hydroxylation sites is 1. The molecule has 4 nitrogen and oxygen atoms in total. The second-order valence-electron chi connectivity index (χ2n) is 6.14. The molecule has 1 aliphatic heterocycles. The molecule has 0 saturated carbocycles. The van der Waals surface area contributed by atoms with E-state index in [1.54, 1.807) is 0 Å². The summed E-state index contributed by atoms with van der Waals surface area (Å²) in [6.07, 6.45) is 1.99. The molecule has 126 valence electrons. The van der Waals surface area contributed by atoms with E-state index in [0.717, 1.165) is 37.2 Å². The van der Waals surface area contributed by atoms with Crippen molar-refractivity contribution >= 4 is 5.91 Å². The lowest BCUT2D eigenvalue weighted by molar-refractivity contribution is -0.126. The summed E-state index contributed by atoms with van der Waals surface area (Å²) in [6, 6.07) is 19.5. The molecule has 0 aliphatic carbocycles. The van der Waals surface area contributed by atoms with Crippen molar-refractivity contribution in [2.45, 2.75) is 18.9 Å². The van der Waals surface area contributed by atoms with E-state index in [4.69, 9.17) is 4.74 Å². The summed E-state index contributed by atoms with van der Waals surface area (Å²) in [5.41, 5.74) is 1.06. The number of rotatable bonds is 6. The Kier molecular flexibility index (Phi) is 5.85. The highest BCUT2D eigenvalue weighted by Gasteiger charge is 2.24. The Bertz CT molecular complexity index is 625. The van der Waals surface area contributed by atoms with E-state index in [1.807, 2.05) is 60.7 Å². The number of benzene rings is 2. The Hall–Kier alpha value is -2.33. The molecular formula is C20H24N2O2. The minimum absolute atomic E-state index is 0.0432. The minimum atomic E-state index is -0.152. The van der Waals surface area contributed by atoms with Gasteiger partial charge in [-0.3, -0.25) is 4.79 Å². The Morgan fingerprint density at radius 3 is 2.50 bits per heavy atom. The molecule has 2 atom stereocenters. The Morgan fingerprint density at radius 2 is 1.83 bits per heavy atom. The van der Waals surface area contributed by atoms with E-state index in [2.05, 4.69) is 10.6 Å². The van der Waals surface area contributed by atoms with Gasteiger partial charge in [-0.05, 0) is 37.1 Å². The fraction of sp³-hybridized carbons (Fsp3) is 0.350. The largest absolute Gasteiger partial charge is 0.491 e. The third-order valence-corrected chi connectivity index (χ3v) is 4.35. The lowest BCUT2D eigenvalue weighted by Crippen LogP contribution is -2.43. The van der Waals surface area contributed by atoms with Crippen LogP contribution < -0.4 is 15.4 Å². The Balaban J connectivity index is 1.66. The number of piperidine rings is 1. The molecule has 1 heterocycles. The maximum absolute atomic E-state index is 12.6. The number of hydrogen-bond donors (Lipinski definition) is 2. The fourth-order valence-corrected chi connectivity index (χ4v) is 2.97. The third-order valence-electron chi connectivity index (χ3n) is 4.35. The van der Waals surface area contributed by atoms with Gasteiger partial charge in [0.25, 0.3) is 0 Å². The molecule has 1 aliphatic rings. The van der Waals surface area contributed by atoms with E-state index in [1.165, 1.54) is 0 Å². The molecule has 4 heteroatoms. The molecule has 1 amide bonds. The Labute approximate surface area is 143 Å². The van der Waals surface area contributed by atoms with Gasteiger partial charge in [-0.15, -0.1) is 0 Å². The van der Waals surface area contributed by atoms with Crippen LogP contribution in [0.4, 0.5) is 0 Å². The molecule has 24 heavy (non-hydrogen) atoms. The van der Waals surface area contributed by atoms with E-state index in [0.29, 0.717) is 6.61 Å². The molecule has 2 aromatic carbocycles. The summed E-state index contributed by atoms with van der Waals surface area (Å²) < 4.78 is 5.88. The number of amides is 1. The number of hydrogen-bond acceptors (Lipinski definition) is 3. The average molecular weight is 324 g/mol. The maximum atomic E-state index is 12.6. The first kappa shape index (κ1) is 16.5. The van der Waals surface area contributed by atoms with Gasteiger partial charge < -0.3 is 15.4 Å². The summed E-state index contributed by atoms with van der Waals surface area (Å²) >= 11 is 0. The van der Waals surface area contributed by atoms with Crippen LogP contribution in [0.5, 0.6) is 5.75 Å². The standard InChI is InChI=1S/C20H24N2O2/c23-20(17-10-7-13-21-14-17)22-19(16-8-3-1-4-9-16)15-24-18-11-5-2-6-12-18/h1-6,8-9,11-12,17,19,21H,7,10,13-15H2,(H,22,23). The van der Waals surface area contributed by atoms with Gasteiger partial charge in [-0.1, -0.05) is 48.5 Å². The van der Waals surface area contributed by atoms with E-state index >= 15 is 0 Å². The highest BCUT2D eigenvalue weighted by atomic mass is 16.5. The summed E-state index contributed by atoms with van der Waals surface area (Å²) in [5, 5.41) is 6.46. The van der Waals surface area contributed by atoms with Gasteiger partial charge in [-0.25, -0.2) is 0 Å². The van der Waals surface area contributed by atoms with Gasteiger partial charge >= 0.3 is 0 Å². The number of ether oxygens (including phenoxy) is 1. The number of carbonyl (C=O) groups excluding carboxylic acids is 1. The van der Waals surface area contributed by atoms with Crippen LogP contribution in [0.2, 0.25) is 0 Å². The summed E-state index contributed by atoms with van der Waals surface area (Å²) in [4.78, 5) is 12.6. The normalized spacial score (nSPS) is 18.6. The maximum Gasteiger partial charge on any atom is 0.224 e. The zero-order valence-electron chi connectivity index (χ0n) is 13.8. The second kappa shape index (κ2) is 8.50. The van der Waals surface area contributed by atoms with E-state index in [9.17, 15) is 4.79 Å². The zero-order valence-corrected chi connectivity index (χ0v) is 13.8. The molecule has 2 aromatic rings. The van der Waals surface area contributed by atoms with Crippen molar-refractivity contribution in [1.29, 1.82) is 0 Å². The van der Waals surface area contributed by atoms with Crippen molar-refractivity contribution in [3.8, 4) is 5.75 Å². The van der Waals surface area contributed by atoms with Crippen molar-refractivity contribution in [2.24, 2.45) is 5.92 Å². The smallest absolute Gasteiger partial charge is 0.224 e. The number of carbonyl (C=O) groups is 1.